The summed E-state index contributed by atoms with van der Waals surface area (Å²) in [6.07, 6.45) is 6.98. The number of pyridine rings is 2. The van der Waals surface area contributed by atoms with E-state index in [0.717, 1.165) is 63.8 Å². The molecule has 36 heavy (non-hydrogen) atoms. The third-order valence-corrected chi connectivity index (χ3v) is 7.90. The third-order valence-electron chi connectivity index (χ3n) is 6.78. The highest BCUT2D eigenvalue weighted by Gasteiger charge is 2.19. The fraction of sp³-hybridized carbons (Fsp3) is 0.222. The van der Waals surface area contributed by atoms with Crippen LogP contribution in [-0.2, 0) is 16.4 Å². The van der Waals surface area contributed by atoms with Crippen LogP contribution in [0.3, 0.4) is 0 Å². The van der Waals surface area contributed by atoms with Crippen molar-refractivity contribution in [2.24, 2.45) is 5.92 Å². The minimum absolute atomic E-state index is 0.282. The predicted molar refractivity (Wildman–Crippen MR) is 142 cm³/mol. The van der Waals surface area contributed by atoms with Gasteiger partial charge in [-0.25, -0.2) is 13.4 Å². The van der Waals surface area contributed by atoms with Crippen molar-refractivity contribution in [2.75, 3.05) is 24.7 Å². The van der Waals surface area contributed by atoms with Crippen LogP contribution in [0.1, 0.15) is 5.56 Å². The molecule has 9 heteroatoms. The predicted octanol–water partition coefficient (Wildman–Crippen LogP) is 4.32. The fourth-order valence-electron chi connectivity index (χ4n) is 4.65. The minimum Gasteiger partial charge on any atom is -0.340 e. The number of fused-ring (bicyclic) bond motifs is 2. The molecule has 0 radical (unpaired) electrons. The van der Waals surface area contributed by atoms with Crippen molar-refractivity contribution in [1.82, 2.24) is 25.1 Å². The minimum atomic E-state index is -3.24. The van der Waals surface area contributed by atoms with Crippen LogP contribution in [0.5, 0.6) is 0 Å². The Hall–Kier alpha value is -3.82. The van der Waals surface area contributed by atoms with Gasteiger partial charge in [0.25, 0.3) is 0 Å². The monoisotopic (exact) mass is 498 g/mol. The molecule has 0 spiro atoms. The largest absolute Gasteiger partial charge is 0.340 e. The molecule has 3 aromatic heterocycles. The summed E-state index contributed by atoms with van der Waals surface area (Å²) >= 11 is 0. The van der Waals surface area contributed by atoms with Crippen molar-refractivity contribution in [3.05, 3.63) is 72.7 Å². The van der Waals surface area contributed by atoms with Crippen molar-refractivity contribution < 1.29 is 8.42 Å². The highest BCUT2D eigenvalue weighted by Crippen LogP contribution is 2.33. The Labute approximate surface area is 209 Å². The molecule has 2 aromatic carbocycles. The summed E-state index contributed by atoms with van der Waals surface area (Å²) in [6, 6.07) is 14.8. The molecule has 1 saturated heterocycles. The molecule has 1 aliphatic rings. The molecule has 0 unspecified atom stereocenters. The number of anilines is 2. The average Bonchev–Trinajstić information content (AvgIpc) is 3.25. The first-order chi connectivity index (χ1) is 17.3. The van der Waals surface area contributed by atoms with Crippen LogP contribution in [0.25, 0.3) is 32.9 Å². The van der Waals surface area contributed by atoms with Gasteiger partial charge in [0.2, 0.25) is 0 Å². The van der Waals surface area contributed by atoms with Gasteiger partial charge in [0.15, 0.2) is 9.84 Å². The van der Waals surface area contributed by atoms with E-state index >= 15 is 0 Å². The van der Waals surface area contributed by atoms with Gasteiger partial charge < -0.3 is 10.6 Å². The van der Waals surface area contributed by atoms with Gasteiger partial charge in [-0.3, -0.25) is 9.67 Å². The van der Waals surface area contributed by atoms with Gasteiger partial charge in [-0.15, -0.1) is 0 Å². The number of nitrogens with zero attached hydrogens (tertiary/aromatic N) is 4. The van der Waals surface area contributed by atoms with Crippen LogP contribution in [0.15, 0.2) is 72.0 Å². The topological polar surface area (TPSA) is 102 Å². The summed E-state index contributed by atoms with van der Waals surface area (Å²) in [5.74, 6) is 1.30. The number of sulfone groups is 1. The van der Waals surface area contributed by atoms with Gasteiger partial charge >= 0.3 is 0 Å². The van der Waals surface area contributed by atoms with Gasteiger partial charge in [-0.1, -0.05) is 6.07 Å². The smallest absolute Gasteiger partial charge is 0.175 e. The van der Waals surface area contributed by atoms with Crippen LogP contribution >= 0.6 is 0 Å². The van der Waals surface area contributed by atoms with Gasteiger partial charge in [0, 0.05) is 77.8 Å². The second-order valence-electron chi connectivity index (χ2n) is 9.42. The molecule has 5 aromatic rings. The van der Waals surface area contributed by atoms with Gasteiger partial charge in [0.1, 0.15) is 5.82 Å². The van der Waals surface area contributed by atoms with Crippen LogP contribution in [-0.4, -0.2) is 47.5 Å². The molecule has 0 atom stereocenters. The second kappa shape index (κ2) is 8.69. The number of aromatic nitrogens is 4. The zero-order valence-corrected chi connectivity index (χ0v) is 20.9. The summed E-state index contributed by atoms with van der Waals surface area (Å²) in [6.45, 7) is 5.15. The third kappa shape index (κ3) is 4.20. The first kappa shape index (κ1) is 22.6. The van der Waals surface area contributed by atoms with Gasteiger partial charge in [-0.2, -0.15) is 5.10 Å². The molecule has 1 aliphatic heterocycles. The van der Waals surface area contributed by atoms with E-state index in [2.05, 4.69) is 45.6 Å². The van der Waals surface area contributed by atoms with E-state index in [1.54, 1.807) is 24.3 Å². The lowest BCUT2D eigenvalue weighted by Gasteiger charge is -2.26. The lowest BCUT2D eigenvalue weighted by atomic mass is 9.98. The normalized spacial score (nSPS) is 14.3. The molecule has 0 bridgehead atoms. The lowest BCUT2D eigenvalue weighted by molar-refractivity contribution is 0.296. The zero-order chi connectivity index (χ0) is 24.9. The molecular weight excluding hydrogens is 472 g/mol. The molecule has 4 heterocycles. The molecule has 2 N–H and O–H groups in total. The van der Waals surface area contributed by atoms with Crippen molar-refractivity contribution in [3.63, 3.8) is 0 Å². The van der Waals surface area contributed by atoms with E-state index in [-0.39, 0.29) is 4.90 Å². The van der Waals surface area contributed by atoms with Crippen LogP contribution in [0, 0.1) is 12.8 Å². The SMILES string of the molecule is Cc1c(-c2nccc3cnc(Nc4ccc(S(C)(=O)=O)cc4)cc23)ccc2nn(CC3CNC3)cc12. The quantitative estimate of drug-likeness (QED) is 0.359. The average molecular weight is 499 g/mol. The van der Waals surface area contributed by atoms with E-state index in [4.69, 9.17) is 10.1 Å². The maximum absolute atomic E-state index is 11.7. The zero-order valence-electron chi connectivity index (χ0n) is 20.1. The number of hydrogen-bond acceptors (Lipinski definition) is 7. The molecule has 0 amide bonds. The Morgan fingerprint density at radius 2 is 1.86 bits per heavy atom. The Bertz CT molecular complexity index is 1710. The van der Waals surface area contributed by atoms with E-state index in [1.807, 2.05) is 24.5 Å². The van der Waals surface area contributed by atoms with E-state index in [1.165, 1.54) is 6.26 Å². The van der Waals surface area contributed by atoms with Crippen molar-refractivity contribution in [1.29, 1.82) is 0 Å². The Morgan fingerprint density at radius 1 is 1.06 bits per heavy atom. The molecule has 6 rings (SSSR count). The van der Waals surface area contributed by atoms with E-state index < -0.39 is 9.84 Å². The molecule has 0 aliphatic carbocycles. The Kier molecular flexibility index (Phi) is 5.46. The molecule has 0 saturated carbocycles. The number of hydrogen-bond donors (Lipinski definition) is 2. The molecular formula is C27H26N6O2S. The van der Waals surface area contributed by atoms with Crippen LogP contribution in [0.2, 0.25) is 0 Å². The van der Waals surface area contributed by atoms with Crippen LogP contribution < -0.4 is 10.6 Å². The Morgan fingerprint density at radius 3 is 2.58 bits per heavy atom. The maximum atomic E-state index is 11.7. The summed E-state index contributed by atoms with van der Waals surface area (Å²) in [7, 11) is -3.24. The summed E-state index contributed by atoms with van der Waals surface area (Å²) < 4.78 is 25.6. The highest BCUT2D eigenvalue weighted by atomic mass is 32.2. The number of rotatable bonds is 6. The van der Waals surface area contributed by atoms with Gasteiger partial charge in [0.05, 0.1) is 16.1 Å². The van der Waals surface area contributed by atoms with Crippen molar-refractivity contribution >= 4 is 43.0 Å². The van der Waals surface area contributed by atoms with E-state index in [0.29, 0.717) is 11.7 Å². The maximum Gasteiger partial charge on any atom is 0.175 e. The van der Waals surface area contributed by atoms with E-state index in [9.17, 15) is 8.42 Å². The standard InChI is InChI=1S/C27H26N6O2S/c1-17-22(7-8-25-24(17)16-33(32-25)15-18-12-28-13-18)27-23-11-26(30-14-19(23)9-10-29-27)31-20-3-5-21(6-4-20)36(2,34)35/h3-11,14,16,18,28H,12-13,15H2,1-2H3,(H,30,31). The summed E-state index contributed by atoms with van der Waals surface area (Å²) in [5.41, 5.74) is 4.85. The first-order valence-electron chi connectivity index (χ1n) is 11.8. The number of benzene rings is 2. The number of aryl methyl sites for hydroxylation is 1. The van der Waals surface area contributed by atoms with Crippen molar-refractivity contribution in [2.45, 2.75) is 18.4 Å². The fourth-order valence-corrected chi connectivity index (χ4v) is 5.29. The molecule has 8 nitrogen and oxygen atoms in total. The number of nitrogens with one attached hydrogen (secondary N) is 2. The van der Waals surface area contributed by atoms with Gasteiger partial charge in [-0.05, 0) is 55.0 Å². The van der Waals surface area contributed by atoms with Crippen molar-refractivity contribution in [3.8, 4) is 11.3 Å². The summed E-state index contributed by atoms with van der Waals surface area (Å²) in [4.78, 5) is 9.58. The first-order valence-corrected chi connectivity index (χ1v) is 13.7. The highest BCUT2D eigenvalue weighted by molar-refractivity contribution is 7.90. The summed E-state index contributed by atoms with van der Waals surface area (Å²) in [5, 5.41) is 14.5. The molecule has 1 fully saturated rings. The second-order valence-corrected chi connectivity index (χ2v) is 11.4. The van der Waals surface area contributed by atoms with Crippen LogP contribution in [0.4, 0.5) is 11.5 Å². The molecule has 182 valence electrons. The lowest BCUT2D eigenvalue weighted by Crippen LogP contribution is -2.44. The Balaban J connectivity index is 1.36.